The van der Waals surface area contributed by atoms with Crippen molar-refractivity contribution in [2.24, 2.45) is 0 Å². The van der Waals surface area contributed by atoms with Crippen LogP contribution in [-0.2, 0) is 9.47 Å². The first-order chi connectivity index (χ1) is 9.63. The van der Waals surface area contributed by atoms with Gasteiger partial charge in [0.25, 0.3) is 5.91 Å². The van der Waals surface area contributed by atoms with Crippen LogP contribution in [0.5, 0.6) is 0 Å². The van der Waals surface area contributed by atoms with Crippen molar-refractivity contribution < 1.29 is 14.3 Å². The van der Waals surface area contributed by atoms with Gasteiger partial charge in [0.05, 0.1) is 19.3 Å². The number of methoxy groups -OCH3 is 2. The van der Waals surface area contributed by atoms with Gasteiger partial charge in [0, 0.05) is 27.8 Å². The zero-order valence-corrected chi connectivity index (χ0v) is 12.5. The summed E-state index contributed by atoms with van der Waals surface area (Å²) >= 11 is 0. The summed E-state index contributed by atoms with van der Waals surface area (Å²) in [4.78, 5) is 18.6. The van der Waals surface area contributed by atoms with E-state index in [0.717, 1.165) is 0 Å². The van der Waals surface area contributed by atoms with Gasteiger partial charge in [-0.2, -0.15) is 0 Å². The quantitative estimate of drug-likeness (QED) is 0.777. The number of anilines is 1. The number of pyridine rings is 1. The van der Waals surface area contributed by atoms with E-state index in [0.29, 0.717) is 31.3 Å². The van der Waals surface area contributed by atoms with Gasteiger partial charge in [-0.25, -0.2) is 4.98 Å². The molecule has 0 aromatic carbocycles. The molecule has 0 spiro atoms. The van der Waals surface area contributed by atoms with Gasteiger partial charge >= 0.3 is 0 Å². The van der Waals surface area contributed by atoms with E-state index < -0.39 is 0 Å². The fraction of sp³-hybridized carbons (Fsp3) is 0.571. The van der Waals surface area contributed by atoms with E-state index in [9.17, 15) is 4.79 Å². The lowest BCUT2D eigenvalue weighted by Crippen LogP contribution is -2.43. The van der Waals surface area contributed by atoms with Crippen LogP contribution in [0.15, 0.2) is 18.2 Å². The number of hydrogen-bond donors (Lipinski definition) is 1. The third-order valence-corrected chi connectivity index (χ3v) is 2.96. The molecule has 112 valence electrons. The Balaban J connectivity index is 2.90. The van der Waals surface area contributed by atoms with Crippen LogP contribution >= 0.6 is 0 Å². The number of aromatic nitrogens is 1. The molecule has 0 saturated heterocycles. The maximum atomic E-state index is 12.6. The van der Waals surface area contributed by atoms with E-state index in [1.54, 1.807) is 32.2 Å². The second-order valence-electron chi connectivity index (χ2n) is 4.45. The molecule has 1 N–H and O–H groups in total. The highest BCUT2D eigenvalue weighted by Crippen LogP contribution is 2.10. The number of ether oxygens (including phenoxy) is 2. The van der Waals surface area contributed by atoms with Crippen LogP contribution in [0.3, 0.4) is 0 Å². The lowest BCUT2D eigenvalue weighted by atomic mass is 10.2. The Morgan fingerprint density at radius 3 is 2.75 bits per heavy atom. The molecule has 0 aliphatic heterocycles. The van der Waals surface area contributed by atoms with E-state index in [-0.39, 0.29) is 11.9 Å². The van der Waals surface area contributed by atoms with Gasteiger partial charge in [0.1, 0.15) is 11.5 Å². The standard InChI is InChI=1S/C14H23N3O3/c1-11(10-20-4)17(8-9-19-3)14(18)12-6-5-7-13(15-2)16-12/h5-7,11H,8-10H2,1-4H3,(H,15,16). The summed E-state index contributed by atoms with van der Waals surface area (Å²) in [5, 5.41) is 2.93. The largest absolute Gasteiger partial charge is 0.383 e. The van der Waals surface area contributed by atoms with Crippen LogP contribution in [0.25, 0.3) is 0 Å². The van der Waals surface area contributed by atoms with E-state index in [1.165, 1.54) is 0 Å². The smallest absolute Gasteiger partial charge is 0.272 e. The Hall–Kier alpha value is -1.66. The van der Waals surface area contributed by atoms with Crippen molar-refractivity contribution in [1.82, 2.24) is 9.88 Å². The monoisotopic (exact) mass is 281 g/mol. The zero-order valence-electron chi connectivity index (χ0n) is 12.5. The summed E-state index contributed by atoms with van der Waals surface area (Å²) in [7, 11) is 5.01. The molecule has 1 aromatic rings. The molecular weight excluding hydrogens is 258 g/mol. The molecule has 0 saturated carbocycles. The minimum Gasteiger partial charge on any atom is -0.383 e. The highest BCUT2D eigenvalue weighted by molar-refractivity contribution is 5.92. The average Bonchev–Trinajstić information content (AvgIpc) is 2.47. The topological polar surface area (TPSA) is 63.7 Å². The first-order valence-corrected chi connectivity index (χ1v) is 6.57. The summed E-state index contributed by atoms with van der Waals surface area (Å²) in [6.07, 6.45) is 0. The van der Waals surface area contributed by atoms with Crippen molar-refractivity contribution in [2.45, 2.75) is 13.0 Å². The van der Waals surface area contributed by atoms with Gasteiger partial charge in [-0.3, -0.25) is 4.79 Å². The van der Waals surface area contributed by atoms with E-state index >= 15 is 0 Å². The van der Waals surface area contributed by atoms with Gasteiger partial charge in [-0.05, 0) is 19.1 Å². The van der Waals surface area contributed by atoms with Crippen LogP contribution < -0.4 is 5.32 Å². The molecule has 0 fully saturated rings. The highest BCUT2D eigenvalue weighted by Gasteiger charge is 2.22. The second-order valence-corrected chi connectivity index (χ2v) is 4.45. The zero-order chi connectivity index (χ0) is 15.0. The molecular formula is C14H23N3O3. The van der Waals surface area contributed by atoms with Crippen LogP contribution in [-0.4, -0.2) is 62.9 Å². The number of carbonyl (C=O) groups excluding carboxylic acids is 1. The molecule has 0 aliphatic carbocycles. The van der Waals surface area contributed by atoms with Crippen LogP contribution in [0.1, 0.15) is 17.4 Å². The molecule has 1 rings (SSSR count). The third kappa shape index (κ3) is 4.47. The molecule has 1 aromatic heterocycles. The number of hydrogen-bond acceptors (Lipinski definition) is 5. The third-order valence-electron chi connectivity index (χ3n) is 2.96. The molecule has 1 amide bonds. The maximum Gasteiger partial charge on any atom is 0.272 e. The molecule has 0 bridgehead atoms. The van der Waals surface area contributed by atoms with Gasteiger partial charge in [-0.1, -0.05) is 6.07 Å². The number of rotatable bonds is 8. The Morgan fingerprint density at radius 2 is 2.15 bits per heavy atom. The van der Waals surface area contributed by atoms with Gasteiger partial charge in [-0.15, -0.1) is 0 Å². The second kappa shape index (κ2) is 8.50. The Morgan fingerprint density at radius 1 is 1.40 bits per heavy atom. The summed E-state index contributed by atoms with van der Waals surface area (Å²) < 4.78 is 10.2. The number of nitrogens with zero attached hydrogens (tertiary/aromatic N) is 2. The summed E-state index contributed by atoms with van der Waals surface area (Å²) in [5.41, 5.74) is 0.413. The van der Waals surface area contributed by atoms with Gasteiger partial charge in [0.15, 0.2) is 0 Å². The normalized spacial score (nSPS) is 12.0. The van der Waals surface area contributed by atoms with E-state index in [2.05, 4.69) is 10.3 Å². The fourth-order valence-electron chi connectivity index (χ4n) is 1.88. The molecule has 6 nitrogen and oxygen atoms in total. The number of carbonyl (C=O) groups is 1. The van der Waals surface area contributed by atoms with Crippen molar-refractivity contribution >= 4 is 11.7 Å². The lowest BCUT2D eigenvalue weighted by molar-refractivity contribution is 0.0474. The van der Waals surface area contributed by atoms with E-state index in [4.69, 9.17) is 9.47 Å². The minimum absolute atomic E-state index is 0.0392. The SMILES string of the molecule is CNc1cccc(C(=O)N(CCOC)C(C)COC)n1. The van der Waals surface area contributed by atoms with Gasteiger partial charge in [0.2, 0.25) is 0 Å². The molecule has 20 heavy (non-hydrogen) atoms. The lowest BCUT2D eigenvalue weighted by Gasteiger charge is -2.28. The number of nitrogens with one attached hydrogen (secondary N) is 1. The molecule has 1 atom stereocenters. The van der Waals surface area contributed by atoms with Crippen molar-refractivity contribution in [1.29, 1.82) is 0 Å². The first-order valence-electron chi connectivity index (χ1n) is 6.57. The van der Waals surface area contributed by atoms with E-state index in [1.807, 2.05) is 19.1 Å². The predicted molar refractivity (Wildman–Crippen MR) is 78.0 cm³/mol. The molecule has 0 radical (unpaired) electrons. The van der Waals surface area contributed by atoms with Crippen LogP contribution in [0.2, 0.25) is 0 Å². The maximum absolute atomic E-state index is 12.6. The van der Waals surface area contributed by atoms with Crippen molar-refractivity contribution in [3.8, 4) is 0 Å². The summed E-state index contributed by atoms with van der Waals surface area (Å²) in [5.74, 6) is 0.547. The summed E-state index contributed by atoms with van der Waals surface area (Å²) in [6.45, 7) is 3.40. The Labute approximate surface area is 120 Å². The minimum atomic E-state index is -0.122. The Bertz CT molecular complexity index is 426. The summed E-state index contributed by atoms with van der Waals surface area (Å²) in [6, 6.07) is 5.29. The fourth-order valence-corrected chi connectivity index (χ4v) is 1.88. The molecule has 0 aliphatic rings. The molecule has 6 heteroatoms. The Kier molecular flexibility index (Phi) is 6.97. The van der Waals surface area contributed by atoms with Gasteiger partial charge < -0.3 is 19.7 Å². The number of amides is 1. The van der Waals surface area contributed by atoms with Crippen LogP contribution in [0.4, 0.5) is 5.82 Å². The van der Waals surface area contributed by atoms with Crippen molar-refractivity contribution in [2.75, 3.05) is 46.3 Å². The van der Waals surface area contributed by atoms with Crippen molar-refractivity contribution in [3.05, 3.63) is 23.9 Å². The van der Waals surface area contributed by atoms with Crippen molar-refractivity contribution in [3.63, 3.8) is 0 Å². The molecule has 1 heterocycles. The first kappa shape index (κ1) is 16.4. The molecule has 1 unspecified atom stereocenters. The average molecular weight is 281 g/mol. The highest BCUT2D eigenvalue weighted by atomic mass is 16.5. The van der Waals surface area contributed by atoms with Crippen LogP contribution in [0, 0.1) is 0 Å². The predicted octanol–water partition coefficient (Wildman–Crippen LogP) is 1.25.